The van der Waals surface area contributed by atoms with Crippen molar-refractivity contribution in [1.82, 2.24) is 14.2 Å². The quantitative estimate of drug-likeness (QED) is 0.496. The number of fused-ring (bicyclic) bond motifs is 1. The van der Waals surface area contributed by atoms with E-state index in [9.17, 15) is 13.2 Å². The molecule has 2 aliphatic heterocycles. The van der Waals surface area contributed by atoms with E-state index in [1.807, 2.05) is 18.2 Å². The summed E-state index contributed by atoms with van der Waals surface area (Å²) in [5.74, 6) is 0.652. The summed E-state index contributed by atoms with van der Waals surface area (Å²) < 4.78 is 44.6. The summed E-state index contributed by atoms with van der Waals surface area (Å²) in [6, 6.07) is 12.0. The van der Waals surface area contributed by atoms with Gasteiger partial charge in [-0.15, -0.1) is 0 Å². The van der Waals surface area contributed by atoms with Crippen molar-refractivity contribution < 1.29 is 27.4 Å². The number of benzene rings is 2. The van der Waals surface area contributed by atoms with Crippen LogP contribution in [0, 0.1) is 0 Å². The average Bonchev–Trinajstić information content (AvgIpc) is 3.30. The van der Waals surface area contributed by atoms with Crippen LogP contribution in [0.2, 0.25) is 0 Å². The van der Waals surface area contributed by atoms with Gasteiger partial charge in [0.25, 0.3) is 11.1 Å². The highest BCUT2D eigenvalue weighted by Crippen LogP contribution is 2.32. The van der Waals surface area contributed by atoms with Crippen molar-refractivity contribution in [3.63, 3.8) is 0 Å². The molecule has 0 aliphatic carbocycles. The number of rotatable bonds is 6. The number of piperidine rings is 1. The van der Waals surface area contributed by atoms with Gasteiger partial charge in [0.1, 0.15) is 11.9 Å². The topological polar surface area (TPSA) is 98.3 Å². The molecule has 3 aromatic rings. The molecule has 1 amide bonds. The Hall–Kier alpha value is -2.73. The number of ether oxygens (including phenoxy) is 3. The maximum atomic E-state index is 13.0. The largest absolute Gasteiger partial charge is 0.497 e. The molecule has 0 bridgehead atoms. The van der Waals surface area contributed by atoms with Crippen LogP contribution in [0.25, 0.3) is 10.2 Å². The van der Waals surface area contributed by atoms with Gasteiger partial charge >= 0.3 is 0 Å². The lowest BCUT2D eigenvalue weighted by Gasteiger charge is -2.31. The van der Waals surface area contributed by atoms with Crippen molar-refractivity contribution >= 4 is 37.5 Å². The molecule has 2 aromatic carbocycles. The lowest BCUT2D eigenvalue weighted by Crippen LogP contribution is -2.42. The normalized spacial score (nSPS) is 18.0. The first-order valence-electron chi connectivity index (χ1n) is 11.5. The summed E-state index contributed by atoms with van der Waals surface area (Å²) in [4.78, 5) is 19.5. The molecule has 0 saturated carbocycles. The Morgan fingerprint density at radius 2 is 1.77 bits per heavy atom. The summed E-state index contributed by atoms with van der Waals surface area (Å²) in [5, 5.41) is 0.620. The number of methoxy groups -OCH3 is 1. The first-order chi connectivity index (χ1) is 16.9. The Morgan fingerprint density at radius 3 is 2.46 bits per heavy atom. The van der Waals surface area contributed by atoms with Crippen molar-refractivity contribution in [3.05, 3.63) is 48.0 Å². The van der Waals surface area contributed by atoms with Crippen LogP contribution in [-0.4, -0.2) is 81.1 Å². The summed E-state index contributed by atoms with van der Waals surface area (Å²) in [5.41, 5.74) is 1.32. The minimum Gasteiger partial charge on any atom is -0.497 e. The molecule has 9 nitrogen and oxygen atoms in total. The van der Waals surface area contributed by atoms with Crippen LogP contribution in [0.1, 0.15) is 23.2 Å². The van der Waals surface area contributed by atoms with Gasteiger partial charge in [-0.1, -0.05) is 11.3 Å². The molecule has 2 fully saturated rings. The predicted octanol–water partition coefficient (Wildman–Crippen LogP) is 3.01. The highest BCUT2D eigenvalue weighted by Gasteiger charge is 2.28. The molecular weight excluding hydrogens is 490 g/mol. The number of sulfonamides is 1. The van der Waals surface area contributed by atoms with Gasteiger partial charge in [0.2, 0.25) is 10.0 Å². The second-order valence-electron chi connectivity index (χ2n) is 8.46. The van der Waals surface area contributed by atoms with Crippen molar-refractivity contribution in [3.8, 4) is 10.9 Å². The maximum absolute atomic E-state index is 13.0. The Labute approximate surface area is 208 Å². The van der Waals surface area contributed by atoms with Crippen molar-refractivity contribution in [2.75, 3.05) is 46.5 Å². The number of likely N-dealkylation sites (tertiary alicyclic amines) is 1. The fraction of sp³-hybridized carbons (Fsp3) is 0.417. The zero-order valence-corrected chi connectivity index (χ0v) is 21.0. The van der Waals surface area contributed by atoms with Gasteiger partial charge in [-0.25, -0.2) is 13.4 Å². The number of amides is 1. The standard InChI is InChI=1S/C24H27N3O6S2/c1-31-19-4-7-22-21(16-19)25-24(34-22)33-18-8-10-26(11-9-18)23(28)17-2-5-20(6-3-17)35(29,30)27-12-14-32-15-13-27/h2-7,16,18H,8-15H2,1H3. The second-order valence-corrected chi connectivity index (χ2v) is 11.4. The maximum Gasteiger partial charge on any atom is 0.274 e. The number of hydrogen-bond donors (Lipinski definition) is 0. The highest BCUT2D eigenvalue weighted by atomic mass is 32.2. The van der Waals surface area contributed by atoms with Gasteiger partial charge in [0.05, 0.1) is 35.4 Å². The highest BCUT2D eigenvalue weighted by molar-refractivity contribution is 7.89. The van der Waals surface area contributed by atoms with Crippen LogP contribution < -0.4 is 9.47 Å². The number of morpholine rings is 1. The molecule has 2 aliphatic rings. The Bertz CT molecular complexity index is 1290. The van der Waals surface area contributed by atoms with Gasteiger partial charge in [0.15, 0.2) is 0 Å². The van der Waals surface area contributed by atoms with Gasteiger partial charge in [-0.2, -0.15) is 4.31 Å². The van der Waals surface area contributed by atoms with Gasteiger partial charge in [0, 0.05) is 50.7 Å². The fourth-order valence-corrected chi connectivity index (χ4v) is 6.54. The molecule has 0 atom stereocenters. The summed E-state index contributed by atoms with van der Waals surface area (Å²) in [7, 11) is -1.95. The van der Waals surface area contributed by atoms with Crippen LogP contribution in [-0.2, 0) is 14.8 Å². The van der Waals surface area contributed by atoms with Crippen molar-refractivity contribution in [2.24, 2.45) is 0 Å². The SMILES string of the molecule is COc1ccc2sc(OC3CCN(C(=O)c4ccc(S(=O)(=O)N5CCOCC5)cc4)CC3)nc2c1. The molecule has 35 heavy (non-hydrogen) atoms. The van der Waals surface area contributed by atoms with Gasteiger partial charge in [-0.05, 0) is 36.4 Å². The molecule has 0 N–H and O–H groups in total. The van der Waals surface area contributed by atoms with E-state index in [1.165, 1.54) is 27.8 Å². The minimum atomic E-state index is -3.58. The predicted molar refractivity (Wildman–Crippen MR) is 132 cm³/mol. The number of hydrogen-bond acceptors (Lipinski definition) is 8. The van der Waals surface area contributed by atoms with Crippen LogP contribution in [0.4, 0.5) is 0 Å². The third-order valence-corrected chi connectivity index (χ3v) is 9.12. The van der Waals surface area contributed by atoms with E-state index in [0.717, 1.165) is 16.0 Å². The summed E-state index contributed by atoms with van der Waals surface area (Å²) in [6.07, 6.45) is 1.39. The molecule has 3 heterocycles. The van der Waals surface area contributed by atoms with Gasteiger partial charge in [-0.3, -0.25) is 4.79 Å². The first-order valence-corrected chi connectivity index (χ1v) is 13.8. The van der Waals surface area contributed by atoms with Crippen LogP contribution in [0.5, 0.6) is 10.9 Å². The molecular formula is C24H27N3O6S2. The van der Waals surface area contributed by atoms with E-state index >= 15 is 0 Å². The smallest absolute Gasteiger partial charge is 0.274 e. The number of carbonyl (C=O) groups excluding carboxylic acids is 1. The molecule has 0 spiro atoms. The first kappa shape index (κ1) is 24.0. The van der Waals surface area contributed by atoms with Crippen LogP contribution in [0.3, 0.4) is 0 Å². The zero-order chi connectivity index (χ0) is 24.4. The average molecular weight is 518 g/mol. The molecule has 186 valence electrons. The molecule has 5 rings (SSSR count). The monoisotopic (exact) mass is 517 g/mol. The molecule has 0 unspecified atom stereocenters. The molecule has 2 saturated heterocycles. The van der Waals surface area contributed by atoms with E-state index in [-0.39, 0.29) is 16.9 Å². The van der Waals surface area contributed by atoms with E-state index in [4.69, 9.17) is 14.2 Å². The van der Waals surface area contributed by atoms with Crippen LogP contribution >= 0.6 is 11.3 Å². The number of nitrogens with zero attached hydrogens (tertiary/aromatic N) is 3. The van der Waals surface area contributed by atoms with Crippen molar-refractivity contribution in [1.29, 1.82) is 0 Å². The number of carbonyl (C=O) groups is 1. The zero-order valence-electron chi connectivity index (χ0n) is 19.4. The van der Waals surface area contributed by atoms with Crippen molar-refractivity contribution in [2.45, 2.75) is 23.8 Å². The number of thiazole rings is 1. The molecule has 0 radical (unpaired) electrons. The minimum absolute atomic E-state index is 0.0115. The molecule has 11 heteroatoms. The Morgan fingerprint density at radius 1 is 1.06 bits per heavy atom. The number of aromatic nitrogens is 1. The summed E-state index contributed by atoms with van der Waals surface area (Å²) in [6.45, 7) is 2.59. The lowest BCUT2D eigenvalue weighted by molar-refractivity contribution is 0.0595. The van der Waals surface area contributed by atoms with E-state index in [0.29, 0.717) is 63.0 Å². The Balaban J connectivity index is 1.17. The third kappa shape index (κ3) is 5.13. The lowest BCUT2D eigenvalue weighted by atomic mass is 10.1. The van der Waals surface area contributed by atoms with Crippen LogP contribution in [0.15, 0.2) is 47.4 Å². The molecule has 1 aromatic heterocycles. The van der Waals surface area contributed by atoms with E-state index in [2.05, 4.69) is 4.98 Å². The van der Waals surface area contributed by atoms with E-state index in [1.54, 1.807) is 24.1 Å². The second kappa shape index (κ2) is 10.1. The Kier molecular flexibility index (Phi) is 6.92. The van der Waals surface area contributed by atoms with E-state index < -0.39 is 10.0 Å². The fourth-order valence-electron chi connectivity index (χ4n) is 4.27. The van der Waals surface area contributed by atoms with Gasteiger partial charge < -0.3 is 19.1 Å². The summed E-state index contributed by atoms with van der Waals surface area (Å²) >= 11 is 1.50. The third-order valence-electron chi connectivity index (χ3n) is 6.28.